The van der Waals surface area contributed by atoms with Gasteiger partial charge in [0.1, 0.15) is 17.6 Å². The topological polar surface area (TPSA) is 103 Å². The highest BCUT2D eigenvalue weighted by Gasteiger charge is 2.75. The molecule has 194 valence electrons. The number of methoxy groups -OCH3 is 1. The first-order chi connectivity index (χ1) is 17.6. The predicted octanol–water partition coefficient (Wildman–Crippen LogP) is 4.31. The van der Waals surface area contributed by atoms with Crippen molar-refractivity contribution in [3.05, 3.63) is 47.5 Å². The van der Waals surface area contributed by atoms with Crippen LogP contribution in [0.2, 0.25) is 0 Å². The Balaban J connectivity index is 1.15. The Labute approximate surface area is 210 Å². The molecule has 37 heavy (non-hydrogen) atoms. The van der Waals surface area contributed by atoms with Crippen molar-refractivity contribution in [3.8, 4) is 23.0 Å². The van der Waals surface area contributed by atoms with E-state index in [1.54, 1.807) is 19.2 Å². The molecule has 1 amide bonds. The fraction of sp³-hybridized carbons (Fsp3) is 0.481. The first-order valence-corrected chi connectivity index (χ1v) is 12.4. The van der Waals surface area contributed by atoms with E-state index in [9.17, 15) is 23.5 Å². The number of carbonyl (C=O) groups is 2. The number of benzene rings is 2. The lowest BCUT2D eigenvalue weighted by Gasteiger charge is -2.70. The second-order valence-electron chi connectivity index (χ2n) is 11.2. The number of carbonyl (C=O) groups excluding carboxylic acids is 1. The van der Waals surface area contributed by atoms with Gasteiger partial charge in [-0.05, 0) is 61.9 Å². The second kappa shape index (κ2) is 7.05. The molecule has 8 nitrogen and oxygen atoms in total. The molecule has 2 aliphatic heterocycles. The number of aliphatic carboxylic acids is 1. The first-order valence-electron chi connectivity index (χ1n) is 12.4. The summed E-state index contributed by atoms with van der Waals surface area (Å²) in [5.41, 5.74) is -0.245. The van der Waals surface area contributed by atoms with Crippen molar-refractivity contribution in [2.75, 3.05) is 7.11 Å². The largest absolute Gasteiger partial charge is 0.586 e. The van der Waals surface area contributed by atoms with Crippen molar-refractivity contribution in [1.29, 1.82) is 0 Å². The van der Waals surface area contributed by atoms with Crippen LogP contribution in [0.3, 0.4) is 0 Å². The number of carboxylic acid groups (broad SMARTS) is 1. The van der Waals surface area contributed by atoms with Gasteiger partial charge in [-0.1, -0.05) is 6.07 Å². The molecule has 4 fully saturated rings. The third kappa shape index (κ3) is 3.17. The highest BCUT2D eigenvalue weighted by Crippen LogP contribution is 2.76. The maximum atomic E-state index is 13.7. The number of carboxylic acids is 1. The molecule has 2 N–H and O–H groups in total. The minimum Gasteiger partial charge on any atom is -0.497 e. The number of halogens is 2. The predicted molar refractivity (Wildman–Crippen MR) is 123 cm³/mol. The molecular formula is C27H25F2NO7. The summed E-state index contributed by atoms with van der Waals surface area (Å²) in [6, 6.07) is 9.63. The van der Waals surface area contributed by atoms with Gasteiger partial charge in [0.25, 0.3) is 0 Å². The van der Waals surface area contributed by atoms with Crippen LogP contribution in [0.1, 0.15) is 55.7 Å². The summed E-state index contributed by atoms with van der Waals surface area (Å²) >= 11 is 0. The summed E-state index contributed by atoms with van der Waals surface area (Å²) in [5, 5.41) is 12.8. The normalized spacial score (nSPS) is 32.6. The molecule has 2 heterocycles. The number of amides is 1. The highest BCUT2D eigenvalue weighted by atomic mass is 19.3. The lowest BCUT2D eigenvalue weighted by Crippen LogP contribution is -2.71. The zero-order valence-corrected chi connectivity index (χ0v) is 20.0. The standard InChI is InChI=1S/C27H25F2NO7/c1-34-15-3-4-16-17(10-21(35-19(16)9-15)24-11-25(12-24,13-24)23(32)33)30-22(31)26(6-7-26)14-2-5-18-20(8-14)37-27(28,29)36-18/h2-5,8-9,17,21H,6-7,10-13H2,1H3,(H,30,31)(H,32,33)/t17-,21-,24?,25?/m1/s1. The van der Waals surface area contributed by atoms with Crippen LogP contribution in [0.4, 0.5) is 8.78 Å². The van der Waals surface area contributed by atoms with Crippen molar-refractivity contribution in [1.82, 2.24) is 5.32 Å². The lowest BCUT2D eigenvalue weighted by molar-refractivity contribution is -0.286. The fourth-order valence-corrected chi connectivity index (χ4v) is 6.84. The van der Waals surface area contributed by atoms with E-state index in [1.165, 1.54) is 12.1 Å². The van der Waals surface area contributed by atoms with Crippen LogP contribution in [0.15, 0.2) is 36.4 Å². The zero-order valence-electron chi connectivity index (χ0n) is 20.0. The van der Waals surface area contributed by atoms with Crippen LogP contribution in [-0.4, -0.2) is 36.5 Å². The Morgan fingerprint density at radius 1 is 1.03 bits per heavy atom. The SMILES string of the molecule is COc1ccc2c(c1)O[C@@H](C13CC(C(=O)O)(C1)C3)C[C@H]2NC(=O)C1(c2ccc3c(c2)OC(F)(F)O3)CC1. The van der Waals surface area contributed by atoms with Crippen LogP contribution in [0.25, 0.3) is 0 Å². The van der Waals surface area contributed by atoms with Crippen LogP contribution in [0.5, 0.6) is 23.0 Å². The van der Waals surface area contributed by atoms with Crippen molar-refractivity contribution in [3.63, 3.8) is 0 Å². The van der Waals surface area contributed by atoms with Gasteiger partial charge >= 0.3 is 12.3 Å². The number of ether oxygens (including phenoxy) is 4. The molecule has 0 spiro atoms. The molecule has 0 aromatic heterocycles. The van der Waals surface area contributed by atoms with E-state index in [0.29, 0.717) is 55.6 Å². The minimum absolute atomic E-state index is 0.0576. The summed E-state index contributed by atoms with van der Waals surface area (Å²) in [5.74, 6) is 0.156. The quantitative estimate of drug-likeness (QED) is 0.593. The third-order valence-electron chi connectivity index (χ3n) is 8.97. The summed E-state index contributed by atoms with van der Waals surface area (Å²) in [4.78, 5) is 25.3. The van der Waals surface area contributed by atoms with Crippen LogP contribution >= 0.6 is 0 Å². The second-order valence-corrected chi connectivity index (χ2v) is 11.2. The number of nitrogens with one attached hydrogen (secondary N) is 1. The van der Waals surface area contributed by atoms with E-state index in [4.69, 9.17) is 9.47 Å². The van der Waals surface area contributed by atoms with E-state index in [-0.39, 0.29) is 35.0 Å². The smallest absolute Gasteiger partial charge is 0.497 e. The van der Waals surface area contributed by atoms with Gasteiger partial charge < -0.3 is 29.4 Å². The van der Waals surface area contributed by atoms with Crippen molar-refractivity contribution < 1.29 is 42.4 Å². The Morgan fingerprint density at radius 3 is 2.43 bits per heavy atom. The number of fused-ring (bicyclic) bond motifs is 2. The van der Waals surface area contributed by atoms with Crippen molar-refractivity contribution >= 4 is 11.9 Å². The van der Waals surface area contributed by atoms with Gasteiger partial charge in [-0.25, -0.2) is 0 Å². The van der Waals surface area contributed by atoms with E-state index >= 15 is 0 Å². The maximum absolute atomic E-state index is 13.7. The van der Waals surface area contributed by atoms with Crippen LogP contribution in [0, 0.1) is 10.8 Å². The van der Waals surface area contributed by atoms with Gasteiger partial charge in [-0.15, -0.1) is 8.78 Å². The Kier molecular flexibility index (Phi) is 4.31. The van der Waals surface area contributed by atoms with Crippen molar-refractivity contribution in [2.45, 2.75) is 62.4 Å². The molecule has 2 aromatic carbocycles. The number of hydrogen-bond acceptors (Lipinski definition) is 6. The van der Waals surface area contributed by atoms with Gasteiger partial charge in [0.2, 0.25) is 5.91 Å². The average molecular weight is 513 g/mol. The number of hydrogen-bond donors (Lipinski definition) is 2. The molecule has 6 aliphatic rings. The molecule has 0 radical (unpaired) electrons. The molecule has 0 unspecified atom stereocenters. The van der Waals surface area contributed by atoms with E-state index in [2.05, 4.69) is 14.8 Å². The van der Waals surface area contributed by atoms with Gasteiger partial charge in [0, 0.05) is 23.5 Å². The van der Waals surface area contributed by atoms with Crippen molar-refractivity contribution in [2.24, 2.45) is 10.8 Å². The molecule has 2 bridgehead atoms. The van der Waals surface area contributed by atoms with Crippen LogP contribution in [-0.2, 0) is 15.0 Å². The molecule has 8 rings (SSSR count). The van der Waals surface area contributed by atoms with E-state index < -0.39 is 23.1 Å². The lowest BCUT2D eigenvalue weighted by atomic mass is 9.33. The van der Waals surface area contributed by atoms with Gasteiger partial charge in [0.15, 0.2) is 11.5 Å². The molecule has 10 heteroatoms. The van der Waals surface area contributed by atoms with Gasteiger partial charge in [-0.3, -0.25) is 9.59 Å². The number of rotatable bonds is 6. The summed E-state index contributed by atoms with van der Waals surface area (Å²) in [6.45, 7) is 0. The van der Waals surface area contributed by atoms with E-state index in [0.717, 1.165) is 5.56 Å². The average Bonchev–Trinajstić information content (AvgIpc) is 3.53. The van der Waals surface area contributed by atoms with Gasteiger partial charge in [0.05, 0.1) is 24.0 Å². The monoisotopic (exact) mass is 513 g/mol. The van der Waals surface area contributed by atoms with Crippen LogP contribution < -0.4 is 24.3 Å². The molecule has 2 aromatic rings. The molecule has 0 saturated heterocycles. The zero-order chi connectivity index (χ0) is 25.8. The minimum atomic E-state index is -3.72. The highest BCUT2D eigenvalue weighted by molar-refractivity contribution is 5.92. The molecular weight excluding hydrogens is 488 g/mol. The molecule has 4 aliphatic carbocycles. The fourth-order valence-electron chi connectivity index (χ4n) is 6.84. The van der Waals surface area contributed by atoms with Gasteiger partial charge in [-0.2, -0.15) is 0 Å². The van der Waals surface area contributed by atoms with E-state index in [1.807, 2.05) is 12.1 Å². The summed E-state index contributed by atoms with van der Waals surface area (Å²) in [7, 11) is 1.57. The number of alkyl halides is 2. The Morgan fingerprint density at radius 2 is 1.76 bits per heavy atom. The third-order valence-corrected chi connectivity index (χ3v) is 8.97. The summed E-state index contributed by atoms with van der Waals surface area (Å²) < 4.78 is 47.9. The Hall–Kier alpha value is -3.56. The maximum Gasteiger partial charge on any atom is 0.586 e. The Bertz CT molecular complexity index is 1330. The molecule has 4 saturated carbocycles. The first kappa shape index (κ1) is 22.6. The summed E-state index contributed by atoms with van der Waals surface area (Å²) in [6.07, 6.45) is -0.540. The molecule has 2 atom stereocenters.